The molecule has 1 amide bonds. The highest BCUT2D eigenvalue weighted by atomic mass is 16.1. The molecule has 0 radical (unpaired) electrons. The number of aromatic nitrogens is 3. The van der Waals surface area contributed by atoms with Crippen molar-refractivity contribution in [3.63, 3.8) is 0 Å². The van der Waals surface area contributed by atoms with Crippen LogP contribution >= 0.6 is 0 Å². The van der Waals surface area contributed by atoms with E-state index in [4.69, 9.17) is 0 Å². The van der Waals surface area contributed by atoms with Gasteiger partial charge in [-0.15, -0.1) is 0 Å². The number of hydrogen-bond acceptors (Lipinski definition) is 4. The first-order chi connectivity index (χ1) is 12.8. The molecule has 0 unspecified atom stereocenters. The summed E-state index contributed by atoms with van der Waals surface area (Å²) in [4.78, 5) is 19.3. The Kier molecular flexibility index (Phi) is 5.17. The largest absolute Gasteiger partial charge is 0.359 e. The van der Waals surface area contributed by atoms with Crippen LogP contribution in [-0.4, -0.2) is 34.1 Å². The number of hydrogen-bond donors (Lipinski definition) is 1. The van der Waals surface area contributed by atoms with E-state index in [1.54, 1.807) is 10.7 Å². The Morgan fingerprint density at radius 1 is 1.19 bits per heavy atom. The number of fused-ring (bicyclic) bond motifs is 1. The molecule has 1 N–H and O–H groups in total. The minimum Gasteiger partial charge on any atom is -0.359 e. The molecule has 0 aliphatic heterocycles. The van der Waals surface area contributed by atoms with E-state index in [0.717, 1.165) is 18.8 Å². The van der Waals surface area contributed by atoms with Gasteiger partial charge in [0.05, 0.1) is 6.20 Å². The molecule has 0 saturated heterocycles. The number of carbonyl (C=O) groups excluding carboxylic acids is 1. The number of nitrogens with one attached hydrogen (secondary N) is 1. The van der Waals surface area contributed by atoms with Crippen molar-refractivity contribution in [2.24, 2.45) is 0 Å². The van der Waals surface area contributed by atoms with E-state index in [0.29, 0.717) is 17.0 Å². The number of nitrogens with zero attached hydrogens (tertiary/aromatic N) is 4. The van der Waals surface area contributed by atoms with Crippen molar-refractivity contribution < 1.29 is 4.79 Å². The summed E-state index contributed by atoms with van der Waals surface area (Å²) in [6.45, 7) is 9.48. The summed E-state index contributed by atoms with van der Waals surface area (Å²) in [6, 6.07) is 11.4. The molecule has 27 heavy (non-hydrogen) atoms. The molecule has 0 bridgehead atoms. The first-order valence-corrected chi connectivity index (χ1v) is 9.27. The predicted octanol–water partition coefficient (Wildman–Crippen LogP) is 4.13. The molecule has 2 heterocycles. The summed E-state index contributed by atoms with van der Waals surface area (Å²) >= 11 is 0. The van der Waals surface area contributed by atoms with Crippen molar-refractivity contribution in [2.75, 3.05) is 23.8 Å². The summed E-state index contributed by atoms with van der Waals surface area (Å²) in [7, 11) is 2.01. The molecule has 0 atom stereocenters. The summed E-state index contributed by atoms with van der Waals surface area (Å²) in [5.74, 6) is 1.24. The van der Waals surface area contributed by atoms with Crippen molar-refractivity contribution in [3.8, 4) is 0 Å². The van der Waals surface area contributed by atoms with Gasteiger partial charge in [-0.05, 0) is 29.5 Å². The second-order valence-corrected chi connectivity index (χ2v) is 7.80. The van der Waals surface area contributed by atoms with Gasteiger partial charge in [0.15, 0.2) is 5.65 Å². The Labute approximate surface area is 160 Å². The summed E-state index contributed by atoms with van der Waals surface area (Å²) < 4.78 is 1.78. The zero-order chi connectivity index (χ0) is 19.6. The van der Waals surface area contributed by atoms with E-state index in [9.17, 15) is 4.79 Å². The fourth-order valence-corrected chi connectivity index (χ4v) is 2.99. The van der Waals surface area contributed by atoms with Crippen molar-refractivity contribution in [2.45, 2.75) is 39.5 Å². The average molecular weight is 365 g/mol. The molecule has 2 aromatic heterocycles. The molecule has 3 rings (SSSR count). The lowest BCUT2D eigenvalue weighted by atomic mass is 9.87. The lowest BCUT2D eigenvalue weighted by molar-refractivity contribution is 0.102. The summed E-state index contributed by atoms with van der Waals surface area (Å²) in [6.07, 6.45) is 2.73. The zero-order valence-corrected chi connectivity index (χ0v) is 16.7. The Morgan fingerprint density at radius 3 is 2.52 bits per heavy atom. The average Bonchev–Trinajstić information content (AvgIpc) is 3.09. The standard InChI is InChI=1S/C21H27N5O/c1-6-13-25(5)19-14-17(23-18-11-12-22-26(18)19)24-20(27)15-7-9-16(10-8-15)21(2,3)4/h7-12,14H,6,13H2,1-5H3,(H,23,24,27). The van der Waals surface area contributed by atoms with Crippen LogP contribution in [0.15, 0.2) is 42.6 Å². The van der Waals surface area contributed by atoms with Crippen molar-refractivity contribution in [1.82, 2.24) is 14.6 Å². The van der Waals surface area contributed by atoms with Gasteiger partial charge in [0.25, 0.3) is 5.91 Å². The molecule has 0 fully saturated rings. The molecular formula is C21H27N5O. The molecule has 1 aromatic carbocycles. The van der Waals surface area contributed by atoms with Crippen LogP contribution in [0.1, 0.15) is 50.0 Å². The number of carbonyl (C=O) groups is 1. The summed E-state index contributed by atoms with van der Waals surface area (Å²) in [5.41, 5.74) is 2.57. The first-order valence-electron chi connectivity index (χ1n) is 9.27. The molecular weight excluding hydrogens is 338 g/mol. The van der Waals surface area contributed by atoms with E-state index >= 15 is 0 Å². The van der Waals surface area contributed by atoms with Crippen LogP contribution in [0, 0.1) is 0 Å². The Hall–Kier alpha value is -2.89. The van der Waals surface area contributed by atoms with Crippen LogP contribution < -0.4 is 10.2 Å². The normalized spacial score (nSPS) is 11.6. The van der Waals surface area contributed by atoms with Crippen LogP contribution in [0.4, 0.5) is 11.6 Å². The van der Waals surface area contributed by atoms with Gasteiger partial charge in [-0.1, -0.05) is 39.8 Å². The fourth-order valence-electron chi connectivity index (χ4n) is 2.99. The maximum Gasteiger partial charge on any atom is 0.256 e. The van der Waals surface area contributed by atoms with Gasteiger partial charge >= 0.3 is 0 Å². The smallest absolute Gasteiger partial charge is 0.256 e. The van der Waals surface area contributed by atoms with Gasteiger partial charge in [0.1, 0.15) is 11.6 Å². The first kappa shape index (κ1) is 18.9. The minimum atomic E-state index is -0.170. The third-order valence-electron chi connectivity index (χ3n) is 4.55. The topological polar surface area (TPSA) is 62.5 Å². The van der Waals surface area contributed by atoms with E-state index in [1.807, 2.05) is 43.4 Å². The number of anilines is 2. The molecule has 6 nitrogen and oxygen atoms in total. The molecule has 142 valence electrons. The monoisotopic (exact) mass is 365 g/mol. The van der Waals surface area contributed by atoms with E-state index in [-0.39, 0.29) is 11.3 Å². The van der Waals surface area contributed by atoms with Crippen LogP contribution in [-0.2, 0) is 5.41 Å². The van der Waals surface area contributed by atoms with Crippen LogP contribution in [0.25, 0.3) is 5.65 Å². The van der Waals surface area contributed by atoms with Crippen molar-refractivity contribution in [1.29, 1.82) is 0 Å². The molecule has 0 aliphatic carbocycles. The minimum absolute atomic E-state index is 0.0579. The number of amides is 1. The van der Waals surface area contributed by atoms with Gasteiger partial charge in [-0.2, -0.15) is 9.61 Å². The zero-order valence-electron chi connectivity index (χ0n) is 16.7. The second-order valence-electron chi connectivity index (χ2n) is 7.80. The highest BCUT2D eigenvalue weighted by Gasteiger charge is 2.16. The van der Waals surface area contributed by atoms with Crippen molar-refractivity contribution >= 4 is 23.2 Å². The van der Waals surface area contributed by atoms with Gasteiger partial charge in [0.2, 0.25) is 0 Å². The SMILES string of the molecule is CCCN(C)c1cc(NC(=O)c2ccc(C(C)(C)C)cc2)nc2ccnn12. The van der Waals surface area contributed by atoms with Crippen LogP contribution in [0.3, 0.4) is 0 Å². The van der Waals surface area contributed by atoms with E-state index in [2.05, 4.69) is 48.0 Å². The highest BCUT2D eigenvalue weighted by Crippen LogP contribution is 2.23. The number of rotatable bonds is 5. The molecule has 6 heteroatoms. The molecule has 0 aliphatic rings. The summed E-state index contributed by atoms with van der Waals surface area (Å²) in [5, 5.41) is 7.25. The van der Waals surface area contributed by atoms with Gasteiger partial charge in [-0.3, -0.25) is 4.79 Å². The van der Waals surface area contributed by atoms with Crippen LogP contribution in [0.5, 0.6) is 0 Å². The quantitative estimate of drug-likeness (QED) is 0.739. The lowest BCUT2D eigenvalue weighted by Gasteiger charge is -2.20. The van der Waals surface area contributed by atoms with Crippen LogP contribution in [0.2, 0.25) is 0 Å². The maximum absolute atomic E-state index is 12.7. The Bertz CT molecular complexity index is 937. The predicted molar refractivity (Wildman–Crippen MR) is 110 cm³/mol. The number of benzene rings is 1. The lowest BCUT2D eigenvalue weighted by Crippen LogP contribution is -2.22. The molecule has 0 spiro atoms. The Morgan fingerprint density at radius 2 is 1.89 bits per heavy atom. The molecule has 0 saturated carbocycles. The van der Waals surface area contributed by atoms with E-state index < -0.39 is 0 Å². The molecule has 3 aromatic rings. The second kappa shape index (κ2) is 7.39. The van der Waals surface area contributed by atoms with Gasteiger partial charge in [-0.25, -0.2) is 4.98 Å². The Balaban J connectivity index is 1.86. The van der Waals surface area contributed by atoms with Gasteiger partial charge < -0.3 is 10.2 Å². The third kappa shape index (κ3) is 4.10. The van der Waals surface area contributed by atoms with Gasteiger partial charge in [0, 0.05) is 31.3 Å². The third-order valence-corrected chi connectivity index (χ3v) is 4.55. The van der Waals surface area contributed by atoms with E-state index in [1.165, 1.54) is 5.56 Å². The highest BCUT2D eigenvalue weighted by molar-refractivity contribution is 6.04. The van der Waals surface area contributed by atoms with Crippen molar-refractivity contribution in [3.05, 3.63) is 53.7 Å². The fraction of sp³-hybridized carbons (Fsp3) is 0.381. The maximum atomic E-state index is 12.7.